The molecule has 0 saturated heterocycles. The maximum atomic E-state index is 12.8. The van der Waals surface area contributed by atoms with Crippen molar-refractivity contribution in [3.63, 3.8) is 0 Å². The van der Waals surface area contributed by atoms with Crippen molar-refractivity contribution in [1.82, 2.24) is 9.71 Å². The topological polar surface area (TPSA) is 88.2 Å². The maximum absolute atomic E-state index is 12.8. The van der Waals surface area contributed by atoms with E-state index in [2.05, 4.69) is 15.0 Å². The summed E-state index contributed by atoms with van der Waals surface area (Å²) in [7, 11) is -3.86. The number of sulfonamides is 1. The summed E-state index contributed by atoms with van der Waals surface area (Å²) in [4.78, 5) is 17.8. The highest BCUT2D eigenvalue weighted by Crippen LogP contribution is 2.21. The number of aromatic nitrogens is 1. The maximum Gasteiger partial charge on any atom is 0.244 e. The van der Waals surface area contributed by atoms with Gasteiger partial charge in [-0.05, 0) is 35.7 Å². The van der Waals surface area contributed by atoms with Crippen molar-refractivity contribution in [1.29, 1.82) is 0 Å². The van der Waals surface area contributed by atoms with Crippen molar-refractivity contribution in [3.05, 3.63) is 53.5 Å². The zero-order valence-electron chi connectivity index (χ0n) is 15.3. The highest BCUT2D eigenvalue weighted by Gasteiger charge is 2.29. The molecule has 3 rings (SSSR count). The van der Waals surface area contributed by atoms with Gasteiger partial charge >= 0.3 is 0 Å². The van der Waals surface area contributed by atoms with Gasteiger partial charge in [0.2, 0.25) is 15.9 Å². The Balaban J connectivity index is 1.84. The molecule has 2 N–H and O–H groups in total. The molecular formula is C19H21N3O3S2. The number of carbonyl (C=O) groups excluding carboxylic acids is 1. The van der Waals surface area contributed by atoms with E-state index in [0.29, 0.717) is 5.13 Å². The zero-order chi connectivity index (χ0) is 19.6. The largest absolute Gasteiger partial charge is 0.301 e. The van der Waals surface area contributed by atoms with E-state index in [-0.39, 0.29) is 10.8 Å². The first-order valence-electron chi connectivity index (χ1n) is 8.51. The summed E-state index contributed by atoms with van der Waals surface area (Å²) in [5, 5.41) is 4.92. The van der Waals surface area contributed by atoms with Crippen molar-refractivity contribution >= 4 is 43.2 Å². The summed E-state index contributed by atoms with van der Waals surface area (Å²) in [6.07, 6.45) is 1.66. The van der Waals surface area contributed by atoms with Gasteiger partial charge in [-0.3, -0.25) is 4.79 Å². The molecule has 27 heavy (non-hydrogen) atoms. The third-order valence-electron chi connectivity index (χ3n) is 4.11. The summed E-state index contributed by atoms with van der Waals surface area (Å²) in [6.45, 7) is 5.47. The molecule has 0 radical (unpaired) electrons. The van der Waals surface area contributed by atoms with Crippen LogP contribution in [0, 0.1) is 12.8 Å². The van der Waals surface area contributed by atoms with Crippen LogP contribution < -0.4 is 10.0 Å². The number of nitrogens with zero attached hydrogens (tertiary/aromatic N) is 1. The summed E-state index contributed by atoms with van der Waals surface area (Å²) in [6, 6.07) is 11.5. The number of carbonyl (C=O) groups is 1. The number of rotatable bonds is 6. The van der Waals surface area contributed by atoms with Gasteiger partial charge in [0.05, 0.1) is 4.90 Å². The third kappa shape index (κ3) is 4.52. The molecule has 0 fully saturated rings. The molecule has 1 atom stereocenters. The van der Waals surface area contributed by atoms with Crippen LogP contribution in [0.2, 0.25) is 0 Å². The fraction of sp³-hybridized carbons (Fsp3) is 0.263. The van der Waals surface area contributed by atoms with Gasteiger partial charge in [0.25, 0.3) is 0 Å². The Morgan fingerprint density at radius 2 is 1.81 bits per heavy atom. The summed E-state index contributed by atoms with van der Waals surface area (Å²) in [5.74, 6) is -0.662. The molecule has 3 aromatic rings. The normalized spacial score (nSPS) is 13.0. The lowest BCUT2D eigenvalue weighted by atomic mass is 10.1. The van der Waals surface area contributed by atoms with Gasteiger partial charge < -0.3 is 5.32 Å². The van der Waals surface area contributed by atoms with Crippen LogP contribution >= 0.6 is 11.3 Å². The first-order chi connectivity index (χ1) is 12.8. The van der Waals surface area contributed by atoms with Crippen LogP contribution in [0.15, 0.2) is 53.6 Å². The van der Waals surface area contributed by atoms with Crippen LogP contribution in [0.4, 0.5) is 5.13 Å². The van der Waals surface area contributed by atoms with Gasteiger partial charge in [-0.15, -0.1) is 11.3 Å². The van der Waals surface area contributed by atoms with E-state index in [9.17, 15) is 13.2 Å². The van der Waals surface area contributed by atoms with E-state index < -0.39 is 22.0 Å². The highest BCUT2D eigenvalue weighted by molar-refractivity contribution is 7.89. The van der Waals surface area contributed by atoms with E-state index in [1.165, 1.54) is 11.3 Å². The van der Waals surface area contributed by atoms with E-state index in [1.807, 2.05) is 31.2 Å². The van der Waals surface area contributed by atoms with Crippen LogP contribution in [-0.4, -0.2) is 25.4 Å². The van der Waals surface area contributed by atoms with E-state index in [0.717, 1.165) is 15.6 Å². The van der Waals surface area contributed by atoms with E-state index in [4.69, 9.17) is 0 Å². The first-order valence-corrected chi connectivity index (χ1v) is 10.8. The molecular weight excluding hydrogens is 382 g/mol. The van der Waals surface area contributed by atoms with Crippen LogP contribution in [0.5, 0.6) is 0 Å². The van der Waals surface area contributed by atoms with Gasteiger partial charge in [-0.25, -0.2) is 13.4 Å². The van der Waals surface area contributed by atoms with Gasteiger partial charge in [-0.1, -0.05) is 44.2 Å². The monoisotopic (exact) mass is 403 g/mol. The Bertz CT molecular complexity index is 1070. The lowest BCUT2D eigenvalue weighted by Gasteiger charge is -2.21. The Kier molecular flexibility index (Phi) is 5.59. The summed E-state index contributed by atoms with van der Waals surface area (Å²) < 4.78 is 28.2. The van der Waals surface area contributed by atoms with E-state index in [1.54, 1.807) is 38.2 Å². The third-order valence-corrected chi connectivity index (χ3v) is 6.38. The number of fused-ring (bicyclic) bond motifs is 1. The fourth-order valence-corrected chi connectivity index (χ4v) is 4.70. The smallest absolute Gasteiger partial charge is 0.244 e. The average molecular weight is 404 g/mol. The van der Waals surface area contributed by atoms with Gasteiger partial charge in [0, 0.05) is 11.1 Å². The van der Waals surface area contributed by atoms with Crippen molar-refractivity contribution < 1.29 is 13.2 Å². The Hall–Kier alpha value is -2.29. The molecule has 8 heteroatoms. The molecule has 0 aliphatic carbocycles. The molecule has 0 aliphatic heterocycles. The summed E-state index contributed by atoms with van der Waals surface area (Å²) >= 11 is 1.34. The van der Waals surface area contributed by atoms with Crippen molar-refractivity contribution in [2.24, 2.45) is 5.92 Å². The highest BCUT2D eigenvalue weighted by atomic mass is 32.2. The minimum absolute atomic E-state index is 0.129. The number of aryl methyl sites for hydroxylation is 1. The van der Waals surface area contributed by atoms with E-state index >= 15 is 0 Å². The first kappa shape index (κ1) is 19.5. The second-order valence-corrected chi connectivity index (χ2v) is 9.57. The average Bonchev–Trinajstić information content (AvgIpc) is 3.03. The van der Waals surface area contributed by atoms with Crippen molar-refractivity contribution in [2.75, 3.05) is 5.32 Å². The van der Waals surface area contributed by atoms with Gasteiger partial charge in [0.15, 0.2) is 5.13 Å². The minimum Gasteiger partial charge on any atom is -0.301 e. The van der Waals surface area contributed by atoms with Crippen LogP contribution in [0.1, 0.15) is 18.7 Å². The quantitative estimate of drug-likeness (QED) is 0.659. The number of anilines is 1. The molecule has 0 bridgehead atoms. The molecule has 1 aromatic heterocycles. The van der Waals surface area contributed by atoms with Crippen molar-refractivity contribution in [2.45, 2.75) is 31.7 Å². The summed E-state index contributed by atoms with van der Waals surface area (Å²) in [5.41, 5.74) is 0. The molecule has 142 valence electrons. The fourth-order valence-electron chi connectivity index (χ4n) is 2.66. The molecule has 0 saturated carbocycles. The molecule has 1 unspecified atom stereocenters. The van der Waals surface area contributed by atoms with Gasteiger partial charge in [0.1, 0.15) is 6.04 Å². The molecule has 1 heterocycles. The predicted octanol–water partition coefficient (Wildman–Crippen LogP) is 3.55. The second-order valence-electron chi connectivity index (χ2n) is 6.62. The number of nitrogens with one attached hydrogen (secondary N) is 2. The predicted molar refractivity (Wildman–Crippen MR) is 108 cm³/mol. The standard InChI is InChI=1S/C19H21N3O3S2/c1-12(2)17(18(23)21-19-20-11-13(3)26-19)22-27(24,25)16-9-8-14-6-4-5-7-15(14)10-16/h4-12,17,22H,1-3H3,(H,20,21,23). The number of hydrogen-bond acceptors (Lipinski definition) is 5. The Labute approximate surface area is 162 Å². The molecule has 6 nitrogen and oxygen atoms in total. The molecule has 2 aromatic carbocycles. The second kappa shape index (κ2) is 7.75. The Morgan fingerprint density at radius 3 is 2.44 bits per heavy atom. The van der Waals surface area contributed by atoms with Crippen LogP contribution in [-0.2, 0) is 14.8 Å². The Morgan fingerprint density at radius 1 is 1.11 bits per heavy atom. The number of thiazole rings is 1. The number of hydrogen-bond donors (Lipinski definition) is 2. The minimum atomic E-state index is -3.86. The SMILES string of the molecule is Cc1cnc(NC(=O)C(NS(=O)(=O)c2ccc3ccccc3c2)C(C)C)s1. The van der Waals surface area contributed by atoms with Crippen molar-refractivity contribution in [3.8, 4) is 0 Å². The molecule has 0 spiro atoms. The molecule has 0 aliphatic rings. The van der Waals surface area contributed by atoms with Crippen LogP contribution in [0.25, 0.3) is 10.8 Å². The number of amides is 1. The zero-order valence-corrected chi connectivity index (χ0v) is 16.9. The number of benzene rings is 2. The van der Waals surface area contributed by atoms with Crippen LogP contribution in [0.3, 0.4) is 0 Å². The lowest BCUT2D eigenvalue weighted by molar-refractivity contribution is -0.118. The lowest BCUT2D eigenvalue weighted by Crippen LogP contribution is -2.47. The molecule has 1 amide bonds. The van der Waals surface area contributed by atoms with Gasteiger partial charge in [-0.2, -0.15) is 4.72 Å².